The van der Waals surface area contributed by atoms with Crippen molar-refractivity contribution >= 4 is 71.3 Å². The number of hydrogen-bond donors (Lipinski definition) is 13. The van der Waals surface area contributed by atoms with E-state index in [0.717, 1.165) is 0 Å². The lowest BCUT2D eigenvalue weighted by Gasteiger charge is -2.28. The van der Waals surface area contributed by atoms with E-state index in [0.29, 0.717) is 6.29 Å². The molecule has 63 heavy (non-hydrogen) atoms. The Hall–Kier alpha value is -6.24. The van der Waals surface area contributed by atoms with Gasteiger partial charge in [-0.15, -0.1) is 0 Å². The molecule has 0 spiro atoms. The molecule has 0 unspecified atom stereocenters. The van der Waals surface area contributed by atoms with E-state index >= 15 is 0 Å². The maximum absolute atomic E-state index is 13.6. The molecule has 16 N–H and O–H groups in total. The highest BCUT2D eigenvalue weighted by Crippen LogP contribution is 2.09. The second-order valence-electron chi connectivity index (χ2n) is 15.9. The Morgan fingerprint density at radius 3 is 1.52 bits per heavy atom. The van der Waals surface area contributed by atoms with Gasteiger partial charge in [0.2, 0.25) is 65.0 Å². The summed E-state index contributed by atoms with van der Waals surface area (Å²) in [7, 11) is 0. The predicted molar refractivity (Wildman–Crippen MR) is 223 cm³/mol. The third-order valence-corrected chi connectivity index (χ3v) is 8.93. The molecule has 0 aromatic heterocycles. The number of aldehydes is 1. The van der Waals surface area contributed by atoms with Gasteiger partial charge in [-0.2, -0.15) is 0 Å². The second-order valence-corrected chi connectivity index (χ2v) is 15.9. The molecule has 0 aliphatic carbocycles. The summed E-state index contributed by atoms with van der Waals surface area (Å²) in [5.41, 5.74) is 16.0. The van der Waals surface area contributed by atoms with Crippen molar-refractivity contribution in [1.29, 1.82) is 0 Å². The van der Waals surface area contributed by atoms with Gasteiger partial charge < -0.3 is 75.0 Å². The van der Waals surface area contributed by atoms with Crippen molar-refractivity contribution < 1.29 is 62.6 Å². The number of carbonyl (C=O) groups is 12. The second kappa shape index (κ2) is 27.7. The van der Waals surface area contributed by atoms with Gasteiger partial charge in [-0.3, -0.25) is 52.7 Å². The minimum Gasteiger partial charge on any atom is -0.391 e. The Morgan fingerprint density at radius 2 is 1.03 bits per heavy atom. The quantitative estimate of drug-likeness (QED) is 0.0325. The van der Waals surface area contributed by atoms with Crippen LogP contribution in [-0.2, 0) is 57.5 Å². The molecule has 25 heteroatoms. The average molecular weight is 899 g/mol. The van der Waals surface area contributed by atoms with Crippen molar-refractivity contribution in [3.63, 3.8) is 0 Å². The summed E-state index contributed by atoms with van der Waals surface area (Å²) in [5, 5.41) is 31.4. The van der Waals surface area contributed by atoms with E-state index < -0.39 is 144 Å². The van der Waals surface area contributed by atoms with Gasteiger partial charge in [0.05, 0.1) is 31.2 Å². The van der Waals surface area contributed by atoms with Crippen molar-refractivity contribution in [2.75, 3.05) is 6.54 Å². The van der Waals surface area contributed by atoms with Crippen molar-refractivity contribution in [1.82, 2.24) is 47.9 Å². The summed E-state index contributed by atoms with van der Waals surface area (Å²) in [6.45, 7) is 12.5. The first-order valence-corrected chi connectivity index (χ1v) is 20.3. The molecule has 11 amide bonds. The molecule has 356 valence electrons. The molecule has 0 aromatic carbocycles. The van der Waals surface area contributed by atoms with E-state index in [4.69, 9.17) is 17.2 Å². The van der Waals surface area contributed by atoms with Crippen LogP contribution in [0.25, 0.3) is 0 Å². The number of nitrogens with two attached hydrogens (primary N) is 3. The van der Waals surface area contributed by atoms with Crippen LogP contribution >= 0.6 is 0 Å². The zero-order chi connectivity index (χ0) is 48.9. The summed E-state index contributed by atoms with van der Waals surface area (Å²) in [5.74, 6) is -10.4. The summed E-state index contributed by atoms with van der Waals surface area (Å²) < 4.78 is 0. The van der Waals surface area contributed by atoms with Gasteiger partial charge in [0.15, 0.2) is 0 Å². The number of primary amides is 2. The van der Waals surface area contributed by atoms with E-state index in [9.17, 15) is 62.6 Å². The Labute approximate surface area is 365 Å². The van der Waals surface area contributed by atoms with Crippen LogP contribution in [0.1, 0.15) is 88.0 Å². The number of aliphatic hydroxyl groups excluding tert-OH is 1. The largest absolute Gasteiger partial charge is 0.391 e. The summed E-state index contributed by atoms with van der Waals surface area (Å²) >= 11 is 0. The van der Waals surface area contributed by atoms with Crippen molar-refractivity contribution in [2.24, 2.45) is 29.0 Å². The Kier molecular flexibility index (Phi) is 24.9. The number of rotatable bonds is 28. The van der Waals surface area contributed by atoms with Crippen molar-refractivity contribution in [3.05, 3.63) is 0 Å². The standard InChI is InChI=1S/C38H66N12O13/c1-16(2)12-24(48-33(58)21(8)45-37(62)29(17(3)4)49-38(63)30(22(9)52)50-31(56)19(6)39)36(61)47-23(10-11-26(40)53)34(59)44-20(7)32(57)42-14-28(55)46-25(13-27(41)54)35(60)43-18(5)15-51/h15-25,29-30,52H,10-14,39H2,1-9H3,(H2,40,53)(H2,41,54)(H,42,57)(H,43,60)(H,44,59)(H,45,62)(H,46,55)(H,47,61)(H,48,58)(H,49,63)(H,50,56)/t18-,19-,20-,21-,22+,23-,24-,25-,29-,30-/m0/s1. The molecular formula is C38H66N12O13. The lowest BCUT2D eigenvalue weighted by Crippen LogP contribution is -2.61. The van der Waals surface area contributed by atoms with Crippen LogP contribution in [0.5, 0.6) is 0 Å². The van der Waals surface area contributed by atoms with Gasteiger partial charge in [-0.1, -0.05) is 27.7 Å². The average Bonchev–Trinajstić information content (AvgIpc) is 3.17. The molecule has 0 heterocycles. The van der Waals surface area contributed by atoms with Crippen molar-refractivity contribution in [2.45, 2.75) is 148 Å². The molecular weight excluding hydrogens is 832 g/mol. The fourth-order valence-electron chi connectivity index (χ4n) is 5.38. The van der Waals surface area contributed by atoms with Gasteiger partial charge in [0, 0.05) is 6.42 Å². The fraction of sp³-hybridized carbons (Fsp3) is 0.684. The van der Waals surface area contributed by atoms with Crippen molar-refractivity contribution in [3.8, 4) is 0 Å². The molecule has 25 nitrogen and oxygen atoms in total. The highest BCUT2D eigenvalue weighted by molar-refractivity contribution is 5.98. The van der Waals surface area contributed by atoms with Crippen LogP contribution in [0, 0.1) is 11.8 Å². The fourth-order valence-corrected chi connectivity index (χ4v) is 5.38. The van der Waals surface area contributed by atoms with Crippen LogP contribution in [0.3, 0.4) is 0 Å². The van der Waals surface area contributed by atoms with E-state index in [1.54, 1.807) is 27.7 Å². The van der Waals surface area contributed by atoms with E-state index in [1.165, 1.54) is 34.6 Å². The predicted octanol–water partition coefficient (Wildman–Crippen LogP) is -6.19. The minimum atomic E-state index is -1.48. The summed E-state index contributed by atoms with van der Waals surface area (Å²) in [6.07, 6.45) is -2.27. The van der Waals surface area contributed by atoms with Crippen LogP contribution in [0.4, 0.5) is 0 Å². The van der Waals surface area contributed by atoms with Crippen LogP contribution < -0.4 is 65.1 Å². The zero-order valence-electron chi connectivity index (χ0n) is 37.1. The first-order chi connectivity index (χ1) is 29.1. The van der Waals surface area contributed by atoms with Crippen LogP contribution in [0.2, 0.25) is 0 Å². The topological polar surface area (TPSA) is 411 Å². The summed E-state index contributed by atoms with van der Waals surface area (Å²) in [6, 6.07) is -11.5. The highest BCUT2D eigenvalue weighted by Gasteiger charge is 2.34. The number of nitrogens with one attached hydrogen (secondary N) is 9. The summed E-state index contributed by atoms with van der Waals surface area (Å²) in [4.78, 5) is 151. The molecule has 0 saturated carbocycles. The maximum Gasteiger partial charge on any atom is 0.245 e. The van der Waals surface area contributed by atoms with E-state index in [-0.39, 0.29) is 25.2 Å². The number of aliphatic hydroxyl groups is 1. The highest BCUT2D eigenvalue weighted by atomic mass is 16.3. The van der Waals surface area contributed by atoms with Crippen LogP contribution in [0.15, 0.2) is 0 Å². The molecule has 0 rings (SSSR count). The molecule has 0 saturated heterocycles. The van der Waals surface area contributed by atoms with Gasteiger partial charge in [-0.05, 0) is 59.3 Å². The van der Waals surface area contributed by atoms with Gasteiger partial charge in [-0.25, -0.2) is 0 Å². The molecule has 0 bridgehead atoms. The van der Waals surface area contributed by atoms with Gasteiger partial charge >= 0.3 is 0 Å². The molecule has 10 atom stereocenters. The smallest absolute Gasteiger partial charge is 0.245 e. The molecule has 0 aliphatic rings. The molecule has 0 fully saturated rings. The first-order valence-electron chi connectivity index (χ1n) is 20.3. The Morgan fingerprint density at radius 1 is 0.540 bits per heavy atom. The number of amides is 11. The lowest BCUT2D eigenvalue weighted by molar-refractivity contribution is -0.136. The van der Waals surface area contributed by atoms with Gasteiger partial charge in [0.1, 0.15) is 48.6 Å². The molecule has 0 aliphatic heterocycles. The minimum absolute atomic E-state index is 0.0277. The lowest BCUT2D eigenvalue weighted by atomic mass is 10.0. The molecule has 0 aromatic rings. The normalized spacial score (nSPS) is 15.8. The third-order valence-electron chi connectivity index (χ3n) is 8.93. The van der Waals surface area contributed by atoms with Gasteiger partial charge in [0.25, 0.3) is 0 Å². The van der Waals surface area contributed by atoms with Crippen LogP contribution in [-0.4, -0.2) is 143 Å². The SMILES string of the molecule is CC(C)C[C@H](NC(=O)[C@H](C)NC(=O)[C@@H](NC(=O)[C@@H](NC(=O)[C@H](C)N)[C@@H](C)O)C(C)C)C(=O)N[C@@H](CCC(N)=O)C(=O)N[C@@H](C)C(=O)NCC(=O)N[C@@H](CC(N)=O)C(=O)N[C@@H](C)C=O. The number of hydrogen-bond acceptors (Lipinski definition) is 14. The van der Waals surface area contributed by atoms with E-state index in [2.05, 4.69) is 47.9 Å². The zero-order valence-corrected chi connectivity index (χ0v) is 37.1. The number of carbonyl (C=O) groups excluding carboxylic acids is 12. The Bertz CT molecular complexity index is 1670. The molecule has 0 radical (unpaired) electrons. The van der Waals surface area contributed by atoms with E-state index in [1.807, 2.05) is 0 Å². The monoisotopic (exact) mass is 898 g/mol. The Balaban J connectivity index is 5.87. The first kappa shape index (κ1) is 56.8. The third kappa shape index (κ3) is 21.9. The maximum atomic E-state index is 13.6.